The lowest BCUT2D eigenvalue weighted by Gasteiger charge is -2.31. The van der Waals surface area contributed by atoms with Gasteiger partial charge < -0.3 is 4.57 Å². The Morgan fingerprint density at radius 2 is 1.52 bits per heavy atom. The number of fused-ring (bicyclic) bond motifs is 1. The van der Waals surface area contributed by atoms with Crippen LogP contribution in [-0.4, -0.2) is 16.0 Å². The Labute approximate surface area is 154 Å². The Kier molecular flexibility index (Phi) is 4.74. The second kappa shape index (κ2) is 7.19. The van der Waals surface area contributed by atoms with Crippen LogP contribution in [0.3, 0.4) is 0 Å². The third kappa shape index (κ3) is 3.25. The van der Waals surface area contributed by atoms with Gasteiger partial charge in [0.15, 0.2) is 11.6 Å². The molecule has 2 nitrogen and oxygen atoms in total. The van der Waals surface area contributed by atoms with Gasteiger partial charge in [-0.15, -0.1) is 0 Å². The smallest absolute Gasteiger partial charge is 0.163 e. The standard InChI is InChI=1S/C21H18F4N2/c22-16-6-2-7-17(23)15(16)13-27-12-4-11-26-10-3-9-19(26)21(27)14-5-1-8-18(24)20(14)25/h1-3,5-10,21H,4,11-13H2. The molecule has 6 heteroatoms. The maximum atomic E-state index is 14.6. The maximum absolute atomic E-state index is 14.6. The molecule has 1 aliphatic heterocycles. The van der Waals surface area contributed by atoms with Gasteiger partial charge in [-0.05, 0) is 36.8 Å². The maximum Gasteiger partial charge on any atom is 0.163 e. The number of aryl methyl sites for hydroxylation is 1. The Morgan fingerprint density at radius 3 is 2.30 bits per heavy atom. The van der Waals surface area contributed by atoms with E-state index in [9.17, 15) is 17.6 Å². The summed E-state index contributed by atoms with van der Waals surface area (Å²) in [4.78, 5) is 1.80. The number of aromatic nitrogens is 1. The normalized spacial score (nSPS) is 17.6. The first kappa shape index (κ1) is 17.8. The molecule has 1 aromatic heterocycles. The highest BCUT2D eigenvalue weighted by atomic mass is 19.2. The molecule has 2 aromatic carbocycles. The highest BCUT2D eigenvalue weighted by molar-refractivity contribution is 5.32. The lowest BCUT2D eigenvalue weighted by Crippen LogP contribution is -2.31. The van der Waals surface area contributed by atoms with E-state index >= 15 is 0 Å². The molecule has 0 bridgehead atoms. The number of halogens is 4. The highest BCUT2D eigenvalue weighted by Gasteiger charge is 2.31. The van der Waals surface area contributed by atoms with Crippen LogP contribution < -0.4 is 0 Å². The Hall–Kier alpha value is -2.60. The van der Waals surface area contributed by atoms with Crippen LogP contribution in [0.1, 0.15) is 29.3 Å². The van der Waals surface area contributed by atoms with Crippen LogP contribution in [0, 0.1) is 23.3 Å². The van der Waals surface area contributed by atoms with E-state index in [0.29, 0.717) is 13.1 Å². The minimum absolute atomic E-state index is 0.0374. The van der Waals surface area contributed by atoms with E-state index in [2.05, 4.69) is 0 Å². The van der Waals surface area contributed by atoms with Gasteiger partial charge in [0.25, 0.3) is 0 Å². The van der Waals surface area contributed by atoms with Crippen LogP contribution in [-0.2, 0) is 13.1 Å². The first-order valence-electron chi connectivity index (χ1n) is 8.82. The second-order valence-electron chi connectivity index (χ2n) is 6.70. The number of hydrogen-bond acceptors (Lipinski definition) is 1. The quantitative estimate of drug-likeness (QED) is 0.583. The van der Waals surface area contributed by atoms with E-state index in [-0.39, 0.29) is 17.7 Å². The van der Waals surface area contributed by atoms with Crippen molar-refractivity contribution in [2.75, 3.05) is 6.54 Å². The lowest BCUT2D eigenvalue weighted by atomic mass is 10.00. The van der Waals surface area contributed by atoms with E-state index in [1.807, 2.05) is 22.9 Å². The van der Waals surface area contributed by atoms with Crippen LogP contribution >= 0.6 is 0 Å². The van der Waals surface area contributed by atoms with Crippen molar-refractivity contribution >= 4 is 0 Å². The van der Waals surface area contributed by atoms with E-state index in [0.717, 1.165) is 18.2 Å². The monoisotopic (exact) mass is 374 g/mol. The average molecular weight is 374 g/mol. The van der Waals surface area contributed by atoms with E-state index < -0.39 is 29.3 Å². The van der Waals surface area contributed by atoms with Gasteiger partial charge in [-0.2, -0.15) is 0 Å². The lowest BCUT2D eigenvalue weighted by molar-refractivity contribution is 0.209. The molecule has 0 aliphatic carbocycles. The molecule has 0 N–H and O–H groups in total. The molecule has 27 heavy (non-hydrogen) atoms. The number of rotatable bonds is 3. The summed E-state index contributed by atoms with van der Waals surface area (Å²) in [6.45, 7) is 1.16. The molecule has 0 amide bonds. The van der Waals surface area contributed by atoms with Crippen molar-refractivity contribution in [3.63, 3.8) is 0 Å². The van der Waals surface area contributed by atoms with Gasteiger partial charge >= 0.3 is 0 Å². The summed E-state index contributed by atoms with van der Waals surface area (Å²) in [6, 6.07) is 10.8. The molecule has 0 spiro atoms. The molecule has 1 aliphatic rings. The van der Waals surface area contributed by atoms with Gasteiger partial charge in [-0.25, -0.2) is 17.6 Å². The zero-order chi connectivity index (χ0) is 19.0. The fourth-order valence-corrected chi connectivity index (χ4v) is 3.78. The minimum atomic E-state index is -0.938. The van der Waals surface area contributed by atoms with Crippen LogP contribution in [0.5, 0.6) is 0 Å². The van der Waals surface area contributed by atoms with E-state index in [1.54, 1.807) is 4.90 Å². The first-order chi connectivity index (χ1) is 13.1. The fraction of sp³-hybridized carbons (Fsp3) is 0.238. The molecule has 0 fully saturated rings. The molecular weight excluding hydrogens is 356 g/mol. The first-order valence-corrected chi connectivity index (χ1v) is 8.82. The SMILES string of the molecule is Fc1cccc(C2c3cccn3CCCN2Cc2c(F)cccc2F)c1F. The van der Waals surface area contributed by atoms with Gasteiger partial charge in [0.2, 0.25) is 0 Å². The fourth-order valence-electron chi connectivity index (χ4n) is 3.78. The molecule has 4 rings (SSSR count). The second-order valence-corrected chi connectivity index (χ2v) is 6.70. The molecule has 0 radical (unpaired) electrons. The number of nitrogens with zero attached hydrogens (tertiary/aromatic N) is 2. The Balaban J connectivity index is 1.82. The van der Waals surface area contributed by atoms with Gasteiger partial charge in [-0.3, -0.25) is 4.90 Å². The highest BCUT2D eigenvalue weighted by Crippen LogP contribution is 2.35. The summed E-state index contributed by atoms with van der Waals surface area (Å²) in [5.41, 5.74) is 0.863. The van der Waals surface area contributed by atoms with Gasteiger partial charge in [0.1, 0.15) is 11.6 Å². The minimum Gasteiger partial charge on any atom is -0.350 e. The van der Waals surface area contributed by atoms with Crippen LogP contribution in [0.25, 0.3) is 0 Å². The number of benzene rings is 2. The molecule has 140 valence electrons. The average Bonchev–Trinajstić information content (AvgIpc) is 3.03. The summed E-state index contributed by atoms with van der Waals surface area (Å²) in [7, 11) is 0. The predicted molar refractivity (Wildman–Crippen MR) is 94.0 cm³/mol. The number of hydrogen-bond donors (Lipinski definition) is 0. The van der Waals surface area contributed by atoms with E-state index in [1.165, 1.54) is 30.3 Å². The van der Waals surface area contributed by atoms with Gasteiger partial charge in [-0.1, -0.05) is 18.2 Å². The summed E-state index contributed by atoms with van der Waals surface area (Å²) in [5, 5.41) is 0. The van der Waals surface area contributed by atoms with Crippen molar-refractivity contribution in [1.29, 1.82) is 0 Å². The van der Waals surface area contributed by atoms with Crippen molar-refractivity contribution in [2.24, 2.45) is 0 Å². The summed E-state index contributed by atoms with van der Waals surface area (Å²) < 4.78 is 58.9. The van der Waals surface area contributed by atoms with E-state index in [4.69, 9.17) is 0 Å². The molecule has 1 atom stereocenters. The van der Waals surface area contributed by atoms with Crippen molar-refractivity contribution in [3.8, 4) is 0 Å². The predicted octanol–water partition coefficient (Wildman–Crippen LogP) is 5.04. The van der Waals surface area contributed by atoms with Crippen molar-refractivity contribution in [2.45, 2.75) is 25.6 Å². The van der Waals surface area contributed by atoms with Crippen LogP contribution in [0.2, 0.25) is 0 Å². The summed E-state index contributed by atoms with van der Waals surface area (Å²) in [5.74, 6) is -3.16. The van der Waals surface area contributed by atoms with Crippen LogP contribution in [0.4, 0.5) is 17.6 Å². The van der Waals surface area contributed by atoms with Crippen LogP contribution in [0.15, 0.2) is 54.7 Å². The van der Waals surface area contributed by atoms with Crippen molar-refractivity contribution < 1.29 is 17.6 Å². The zero-order valence-electron chi connectivity index (χ0n) is 14.5. The molecule has 0 saturated carbocycles. The largest absolute Gasteiger partial charge is 0.350 e. The molecular formula is C21H18F4N2. The summed E-state index contributed by atoms with van der Waals surface area (Å²) >= 11 is 0. The molecule has 1 unspecified atom stereocenters. The Bertz CT molecular complexity index is 946. The Morgan fingerprint density at radius 1 is 0.815 bits per heavy atom. The zero-order valence-corrected chi connectivity index (χ0v) is 14.5. The molecule has 2 heterocycles. The topological polar surface area (TPSA) is 8.17 Å². The van der Waals surface area contributed by atoms with Crippen molar-refractivity contribution in [3.05, 3.63) is 94.8 Å². The third-order valence-corrected chi connectivity index (χ3v) is 5.05. The third-order valence-electron chi connectivity index (χ3n) is 5.05. The molecule has 3 aromatic rings. The molecule has 0 saturated heterocycles. The summed E-state index contributed by atoms with van der Waals surface area (Å²) in [6.07, 6.45) is 2.61. The van der Waals surface area contributed by atoms with Gasteiger partial charge in [0.05, 0.1) is 6.04 Å². The van der Waals surface area contributed by atoms with Gasteiger partial charge in [0, 0.05) is 42.7 Å². The van der Waals surface area contributed by atoms with Crippen molar-refractivity contribution in [1.82, 2.24) is 9.47 Å².